The van der Waals surface area contributed by atoms with Crippen LogP contribution in [0.5, 0.6) is 11.5 Å². The van der Waals surface area contributed by atoms with Crippen LogP contribution in [0.3, 0.4) is 0 Å². The molecule has 0 unspecified atom stereocenters. The van der Waals surface area contributed by atoms with Gasteiger partial charge < -0.3 is 10.1 Å². The van der Waals surface area contributed by atoms with E-state index >= 15 is 0 Å². The van der Waals surface area contributed by atoms with Gasteiger partial charge in [-0.2, -0.15) is 0 Å². The molecular weight excluding hydrogens is 364 g/mol. The molecule has 0 aromatic heterocycles. The molecule has 0 fully saturated rings. The van der Waals surface area contributed by atoms with Crippen LogP contribution in [0, 0.1) is 0 Å². The summed E-state index contributed by atoms with van der Waals surface area (Å²) in [5.41, 5.74) is 0.407. The van der Waals surface area contributed by atoms with Gasteiger partial charge in [0.05, 0.1) is 11.9 Å². The van der Waals surface area contributed by atoms with Gasteiger partial charge in [-0.05, 0) is 56.7 Å². The fourth-order valence-electron chi connectivity index (χ4n) is 2.56. The SMILES string of the molecule is CC[C@H](C)NC(=O)[C@@H](C)N(c1ccc(Oc2ccccc2)cc1)S(C)(=O)=O. The molecule has 2 aromatic carbocycles. The first-order valence-electron chi connectivity index (χ1n) is 8.85. The van der Waals surface area contributed by atoms with Gasteiger partial charge in [-0.15, -0.1) is 0 Å². The summed E-state index contributed by atoms with van der Waals surface area (Å²) in [6.45, 7) is 5.41. The largest absolute Gasteiger partial charge is 0.457 e. The van der Waals surface area contributed by atoms with Crippen molar-refractivity contribution in [2.45, 2.75) is 39.3 Å². The minimum Gasteiger partial charge on any atom is -0.457 e. The predicted octanol–water partition coefficient (Wildman–Crippen LogP) is 3.55. The summed E-state index contributed by atoms with van der Waals surface area (Å²) in [7, 11) is -3.64. The minimum absolute atomic E-state index is 0.0250. The molecule has 7 heteroatoms. The number of ether oxygens (including phenoxy) is 1. The first-order chi connectivity index (χ1) is 12.7. The van der Waals surface area contributed by atoms with Crippen LogP contribution in [-0.4, -0.2) is 32.7 Å². The molecule has 0 bridgehead atoms. The van der Waals surface area contributed by atoms with Crippen molar-refractivity contribution >= 4 is 21.6 Å². The minimum atomic E-state index is -3.64. The number of para-hydroxylation sites is 1. The first kappa shape index (κ1) is 20.8. The number of sulfonamides is 1. The number of nitrogens with zero attached hydrogens (tertiary/aromatic N) is 1. The van der Waals surface area contributed by atoms with Gasteiger partial charge in [-0.25, -0.2) is 8.42 Å². The molecule has 0 aliphatic rings. The lowest BCUT2D eigenvalue weighted by Gasteiger charge is -2.29. The Morgan fingerprint density at radius 3 is 2.11 bits per heavy atom. The van der Waals surface area contributed by atoms with Crippen LogP contribution in [0.2, 0.25) is 0 Å². The molecule has 0 spiro atoms. The summed E-state index contributed by atoms with van der Waals surface area (Å²) in [5.74, 6) is 0.931. The van der Waals surface area contributed by atoms with E-state index in [1.807, 2.05) is 44.2 Å². The number of carbonyl (C=O) groups excluding carboxylic acids is 1. The summed E-state index contributed by atoms with van der Waals surface area (Å²) in [4.78, 5) is 12.4. The lowest BCUT2D eigenvalue weighted by atomic mass is 10.2. The van der Waals surface area contributed by atoms with Crippen molar-refractivity contribution in [1.82, 2.24) is 5.32 Å². The van der Waals surface area contributed by atoms with Crippen molar-refractivity contribution < 1.29 is 17.9 Å². The predicted molar refractivity (Wildman–Crippen MR) is 108 cm³/mol. The summed E-state index contributed by atoms with van der Waals surface area (Å²) >= 11 is 0. The maximum Gasteiger partial charge on any atom is 0.243 e. The van der Waals surface area contributed by atoms with Crippen molar-refractivity contribution in [1.29, 1.82) is 0 Å². The molecule has 0 saturated heterocycles. The Kier molecular flexibility index (Phi) is 6.85. The Hall–Kier alpha value is -2.54. The number of rotatable bonds is 8. The van der Waals surface area contributed by atoms with Crippen molar-refractivity contribution in [3.05, 3.63) is 54.6 Å². The zero-order valence-corrected chi connectivity index (χ0v) is 16.9. The summed E-state index contributed by atoms with van der Waals surface area (Å²) in [6, 6.07) is 15.0. The molecule has 0 heterocycles. The van der Waals surface area contributed by atoms with Gasteiger partial charge in [0, 0.05) is 6.04 Å². The van der Waals surface area contributed by atoms with Gasteiger partial charge in [-0.3, -0.25) is 9.10 Å². The van der Waals surface area contributed by atoms with E-state index in [4.69, 9.17) is 4.74 Å². The Morgan fingerprint density at radius 1 is 1.04 bits per heavy atom. The number of nitrogens with one attached hydrogen (secondary N) is 1. The van der Waals surface area contributed by atoms with Gasteiger partial charge in [0.2, 0.25) is 15.9 Å². The van der Waals surface area contributed by atoms with Gasteiger partial charge in [0.25, 0.3) is 0 Å². The monoisotopic (exact) mass is 390 g/mol. The van der Waals surface area contributed by atoms with E-state index in [-0.39, 0.29) is 11.9 Å². The molecule has 1 amide bonds. The smallest absolute Gasteiger partial charge is 0.243 e. The fourth-order valence-corrected chi connectivity index (χ4v) is 3.73. The Labute approximate surface area is 161 Å². The van der Waals surface area contributed by atoms with Crippen LogP contribution in [-0.2, 0) is 14.8 Å². The molecule has 0 saturated carbocycles. The molecule has 2 aromatic rings. The molecule has 2 rings (SSSR count). The van der Waals surface area contributed by atoms with E-state index in [0.717, 1.165) is 17.0 Å². The Morgan fingerprint density at radius 2 is 1.59 bits per heavy atom. The van der Waals surface area contributed by atoms with Crippen LogP contribution in [0.15, 0.2) is 54.6 Å². The second kappa shape index (κ2) is 8.90. The van der Waals surface area contributed by atoms with Crippen LogP contribution < -0.4 is 14.4 Å². The highest BCUT2D eigenvalue weighted by Crippen LogP contribution is 2.26. The fraction of sp³-hybridized carbons (Fsp3) is 0.350. The maximum absolute atomic E-state index is 12.4. The quantitative estimate of drug-likeness (QED) is 0.748. The number of amides is 1. The average molecular weight is 391 g/mol. The van der Waals surface area contributed by atoms with Crippen LogP contribution in [0.4, 0.5) is 5.69 Å². The van der Waals surface area contributed by atoms with Crippen LogP contribution in [0.25, 0.3) is 0 Å². The van der Waals surface area contributed by atoms with E-state index in [9.17, 15) is 13.2 Å². The summed E-state index contributed by atoms with van der Waals surface area (Å²) in [5, 5.41) is 2.83. The number of carbonyl (C=O) groups is 1. The highest BCUT2D eigenvalue weighted by atomic mass is 32.2. The number of hydrogen-bond acceptors (Lipinski definition) is 4. The Bertz CT molecular complexity index is 851. The molecular formula is C20H26N2O4S. The third-order valence-electron chi connectivity index (χ3n) is 4.16. The molecule has 0 aliphatic carbocycles. The highest BCUT2D eigenvalue weighted by molar-refractivity contribution is 7.92. The third-order valence-corrected chi connectivity index (χ3v) is 5.40. The molecule has 146 valence electrons. The standard InChI is InChI=1S/C20H26N2O4S/c1-5-15(2)21-20(23)16(3)22(27(4,24)25)17-11-13-19(14-12-17)26-18-9-7-6-8-10-18/h6-16H,5H2,1-4H3,(H,21,23)/t15-,16+/m0/s1. The topological polar surface area (TPSA) is 75.7 Å². The lowest BCUT2D eigenvalue weighted by molar-refractivity contribution is -0.122. The lowest BCUT2D eigenvalue weighted by Crippen LogP contribution is -2.49. The van der Waals surface area contributed by atoms with Crippen molar-refractivity contribution in [3.8, 4) is 11.5 Å². The van der Waals surface area contributed by atoms with E-state index in [1.165, 1.54) is 0 Å². The van der Waals surface area contributed by atoms with Gasteiger partial charge in [0.1, 0.15) is 17.5 Å². The molecule has 2 atom stereocenters. The van der Waals surface area contributed by atoms with E-state index in [2.05, 4.69) is 5.32 Å². The normalized spacial score (nSPS) is 13.5. The second-order valence-electron chi connectivity index (χ2n) is 6.46. The summed E-state index contributed by atoms with van der Waals surface area (Å²) in [6.07, 6.45) is 1.86. The highest BCUT2D eigenvalue weighted by Gasteiger charge is 2.29. The number of anilines is 1. The number of hydrogen-bond donors (Lipinski definition) is 1. The molecule has 1 N–H and O–H groups in total. The molecule has 27 heavy (non-hydrogen) atoms. The van der Waals surface area contributed by atoms with Gasteiger partial charge >= 0.3 is 0 Å². The van der Waals surface area contributed by atoms with Gasteiger partial charge in [0.15, 0.2) is 0 Å². The van der Waals surface area contributed by atoms with E-state index < -0.39 is 16.1 Å². The number of benzene rings is 2. The average Bonchev–Trinajstić information content (AvgIpc) is 2.62. The first-order valence-corrected chi connectivity index (χ1v) is 10.7. The van der Waals surface area contributed by atoms with Crippen molar-refractivity contribution in [2.75, 3.05) is 10.6 Å². The van der Waals surface area contributed by atoms with Gasteiger partial charge in [-0.1, -0.05) is 25.1 Å². The maximum atomic E-state index is 12.4. The van der Waals surface area contributed by atoms with Crippen molar-refractivity contribution in [3.63, 3.8) is 0 Å². The van der Waals surface area contributed by atoms with E-state index in [1.54, 1.807) is 31.2 Å². The third kappa shape index (κ3) is 5.72. The zero-order valence-electron chi connectivity index (χ0n) is 16.0. The summed E-state index contributed by atoms with van der Waals surface area (Å²) < 4.78 is 31.5. The molecule has 0 aliphatic heterocycles. The van der Waals surface area contributed by atoms with Crippen LogP contribution in [0.1, 0.15) is 27.2 Å². The van der Waals surface area contributed by atoms with E-state index in [0.29, 0.717) is 17.2 Å². The molecule has 0 radical (unpaired) electrons. The molecule has 6 nitrogen and oxygen atoms in total. The zero-order chi connectivity index (χ0) is 20.0. The van der Waals surface area contributed by atoms with Crippen LogP contribution >= 0.6 is 0 Å². The van der Waals surface area contributed by atoms with Crippen molar-refractivity contribution in [2.24, 2.45) is 0 Å². The second-order valence-corrected chi connectivity index (χ2v) is 8.32. The Balaban J connectivity index is 2.23.